The minimum Gasteiger partial charge on any atom is -0.455 e. The lowest BCUT2D eigenvalue weighted by atomic mass is 9.93. The summed E-state index contributed by atoms with van der Waals surface area (Å²) in [7, 11) is 0. The van der Waals surface area contributed by atoms with Crippen molar-refractivity contribution in [1.82, 2.24) is 0 Å². The Kier molecular flexibility index (Phi) is 9.28. The van der Waals surface area contributed by atoms with Crippen molar-refractivity contribution in [3.63, 3.8) is 0 Å². The molecule has 2 heteroatoms. The highest BCUT2D eigenvalue weighted by Gasteiger charge is 2.19. The second-order valence-corrected chi connectivity index (χ2v) is 17.6. The van der Waals surface area contributed by atoms with Gasteiger partial charge in [0.1, 0.15) is 11.2 Å². The van der Waals surface area contributed by atoms with Gasteiger partial charge in [-0.05, 0) is 131 Å². The molecule has 0 spiro atoms. The molecular weight excluding hydrogens is 811 g/mol. The third-order valence-corrected chi connectivity index (χ3v) is 13.7. The fraction of sp³-hybridized carbons (Fsp3) is 0.0154. The first-order chi connectivity index (χ1) is 33.2. The summed E-state index contributed by atoms with van der Waals surface area (Å²) in [5.74, 6) is 0. The molecule has 2 nitrogen and oxygen atoms in total. The predicted molar refractivity (Wildman–Crippen MR) is 284 cm³/mol. The predicted octanol–water partition coefficient (Wildman–Crippen LogP) is 18.2. The van der Waals surface area contributed by atoms with Crippen LogP contribution >= 0.6 is 0 Å². The summed E-state index contributed by atoms with van der Waals surface area (Å²) >= 11 is 0. The highest BCUT2D eigenvalue weighted by atomic mass is 16.3. The first-order valence-corrected chi connectivity index (χ1v) is 23.1. The van der Waals surface area contributed by atoms with Gasteiger partial charge in [-0.15, -0.1) is 0 Å². The molecule has 0 unspecified atom stereocenters. The summed E-state index contributed by atoms with van der Waals surface area (Å²) in [6.45, 7) is 0.644. The van der Waals surface area contributed by atoms with E-state index in [4.69, 9.17) is 4.42 Å². The molecule has 0 aliphatic rings. The first-order valence-electron chi connectivity index (χ1n) is 23.1. The van der Waals surface area contributed by atoms with Gasteiger partial charge in [0.2, 0.25) is 0 Å². The van der Waals surface area contributed by atoms with Crippen LogP contribution in [0.3, 0.4) is 0 Å². The average molecular weight is 854 g/mol. The average Bonchev–Trinajstić information content (AvgIpc) is 3.80. The number of benzene rings is 12. The van der Waals surface area contributed by atoms with Crippen molar-refractivity contribution in [3.05, 3.63) is 254 Å². The molecule has 0 aliphatic heterocycles. The number of hydrogen-bond acceptors (Lipinski definition) is 2. The van der Waals surface area contributed by atoms with Gasteiger partial charge in [-0.2, -0.15) is 0 Å². The zero-order valence-electron chi connectivity index (χ0n) is 36.7. The van der Waals surface area contributed by atoms with Crippen molar-refractivity contribution < 1.29 is 4.42 Å². The number of furan rings is 1. The van der Waals surface area contributed by atoms with Crippen molar-refractivity contribution in [3.8, 4) is 44.5 Å². The van der Waals surface area contributed by atoms with Gasteiger partial charge in [0, 0.05) is 39.6 Å². The van der Waals surface area contributed by atoms with E-state index in [2.05, 4.69) is 254 Å². The summed E-state index contributed by atoms with van der Waals surface area (Å²) in [5, 5.41) is 12.1. The Labute approximate surface area is 389 Å². The van der Waals surface area contributed by atoms with Gasteiger partial charge in [-0.25, -0.2) is 0 Å². The van der Waals surface area contributed by atoms with E-state index in [0.29, 0.717) is 6.54 Å². The minimum atomic E-state index is 0.644. The van der Waals surface area contributed by atoms with Crippen LogP contribution in [0.2, 0.25) is 0 Å². The number of para-hydroxylation sites is 1. The van der Waals surface area contributed by atoms with Crippen LogP contribution in [0.25, 0.3) is 110 Å². The summed E-state index contributed by atoms with van der Waals surface area (Å²) in [4.78, 5) is 2.45. The van der Waals surface area contributed by atoms with Crippen LogP contribution in [0.4, 0.5) is 11.4 Å². The number of fused-ring (bicyclic) bond motifs is 9. The van der Waals surface area contributed by atoms with Crippen LogP contribution in [0, 0.1) is 0 Å². The lowest BCUT2D eigenvalue weighted by Gasteiger charge is -2.27. The van der Waals surface area contributed by atoms with Crippen molar-refractivity contribution >= 4 is 76.4 Å². The second-order valence-electron chi connectivity index (χ2n) is 17.6. The molecule has 0 saturated heterocycles. The zero-order valence-corrected chi connectivity index (χ0v) is 36.7. The van der Waals surface area contributed by atoms with Crippen molar-refractivity contribution in [2.75, 3.05) is 4.90 Å². The standard InChI is InChI=1S/C65H43NO/c1-2-15-47-40-50(28-27-43(47)13-1)49-19-11-18-48(39-49)44-29-34-53(35-30-44)66(54-36-31-46(32-37-54)63-41-51-16-4-6-20-55(51)58-23-9-10-24-59(58)63)42-52-17-5-7-21-56(52)60-25-12-26-61-62-38-33-45-14-3-8-22-57(45)64(62)67-65(60)61/h1-41H,42H2. The summed E-state index contributed by atoms with van der Waals surface area (Å²) in [5.41, 5.74) is 14.7. The summed E-state index contributed by atoms with van der Waals surface area (Å²) in [6, 6.07) is 90.5. The number of hydrogen-bond donors (Lipinski definition) is 0. The van der Waals surface area contributed by atoms with Gasteiger partial charge < -0.3 is 9.32 Å². The maximum absolute atomic E-state index is 6.89. The Morgan fingerprint density at radius 3 is 1.61 bits per heavy atom. The molecule has 0 N–H and O–H groups in total. The van der Waals surface area contributed by atoms with Crippen molar-refractivity contribution in [1.29, 1.82) is 0 Å². The Bertz CT molecular complexity index is 4010. The molecule has 0 amide bonds. The first kappa shape index (κ1) is 38.7. The van der Waals surface area contributed by atoms with Crippen LogP contribution in [0.5, 0.6) is 0 Å². The molecule has 0 fully saturated rings. The van der Waals surface area contributed by atoms with E-state index in [9.17, 15) is 0 Å². The van der Waals surface area contributed by atoms with Crippen LogP contribution in [-0.4, -0.2) is 0 Å². The molecule has 0 radical (unpaired) electrons. The van der Waals surface area contributed by atoms with Crippen molar-refractivity contribution in [2.45, 2.75) is 6.54 Å². The number of anilines is 2. The normalized spacial score (nSPS) is 11.6. The second kappa shape index (κ2) is 16.1. The molecule has 12 aromatic carbocycles. The Balaban J connectivity index is 0.909. The summed E-state index contributed by atoms with van der Waals surface area (Å²) in [6.07, 6.45) is 0. The molecule has 1 aromatic heterocycles. The topological polar surface area (TPSA) is 16.4 Å². The van der Waals surface area contributed by atoms with E-state index in [1.165, 1.54) is 76.6 Å². The molecule has 13 aromatic rings. The van der Waals surface area contributed by atoms with E-state index in [0.717, 1.165) is 49.8 Å². The van der Waals surface area contributed by atoms with E-state index in [-0.39, 0.29) is 0 Å². The van der Waals surface area contributed by atoms with Crippen LogP contribution in [-0.2, 0) is 6.54 Å². The van der Waals surface area contributed by atoms with Crippen LogP contribution in [0.1, 0.15) is 5.56 Å². The Morgan fingerprint density at radius 1 is 0.269 bits per heavy atom. The lowest BCUT2D eigenvalue weighted by molar-refractivity contribution is 0.673. The SMILES string of the molecule is c1cc(-c2ccc(N(Cc3ccccc3-c3cccc4c3oc3c5ccccc5ccc43)c3ccc(-c4cc5ccccc5c5ccccc45)cc3)cc2)cc(-c2ccc3ccccc3c2)c1. The van der Waals surface area contributed by atoms with Crippen LogP contribution in [0.15, 0.2) is 253 Å². The van der Waals surface area contributed by atoms with Gasteiger partial charge in [-0.3, -0.25) is 0 Å². The third kappa shape index (κ3) is 6.81. The molecular formula is C65H43NO. The largest absolute Gasteiger partial charge is 0.455 e. The Morgan fingerprint density at radius 2 is 0.806 bits per heavy atom. The molecule has 0 aliphatic carbocycles. The van der Waals surface area contributed by atoms with Gasteiger partial charge >= 0.3 is 0 Å². The zero-order chi connectivity index (χ0) is 44.3. The van der Waals surface area contributed by atoms with E-state index < -0.39 is 0 Å². The van der Waals surface area contributed by atoms with E-state index >= 15 is 0 Å². The summed E-state index contributed by atoms with van der Waals surface area (Å²) < 4.78 is 6.89. The maximum Gasteiger partial charge on any atom is 0.143 e. The third-order valence-electron chi connectivity index (χ3n) is 13.7. The Hall–Kier alpha value is -8.72. The molecule has 67 heavy (non-hydrogen) atoms. The molecule has 314 valence electrons. The molecule has 0 atom stereocenters. The molecule has 13 rings (SSSR count). The smallest absolute Gasteiger partial charge is 0.143 e. The fourth-order valence-electron chi connectivity index (χ4n) is 10.4. The monoisotopic (exact) mass is 853 g/mol. The highest BCUT2D eigenvalue weighted by molar-refractivity contribution is 6.17. The maximum atomic E-state index is 6.89. The number of nitrogens with zero attached hydrogens (tertiary/aromatic N) is 1. The fourth-order valence-corrected chi connectivity index (χ4v) is 10.4. The minimum absolute atomic E-state index is 0.644. The van der Waals surface area contributed by atoms with Gasteiger partial charge in [0.15, 0.2) is 0 Å². The van der Waals surface area contributed by atoms with Crippen molar-refractivity contribution in [2.24, 2.45) is 0 Å². The van der Waals surface area contributed by atoms with Gasteiger partial charge in [0.05, 0.1) is 0 Å². The van der Waals surface area contributed by atoms with Gasteiger partial charge in [0.25, 0.3) is 0 Å². The quantitative estimate of drug-likeness (QED) is 0.142. The van der Waals surface area contributed by atoms with Crippen LogP contribution < -0.4 is 4.90 Å². The van der Waals surface area contributed by atoms with Gasteiger partial charge in [-0.1, -0.05) is 200 Å². The van der Waals surface area contributed by atoms with E-state index in [1.54, 1.807) is 0 Å². The molecule has 1 heterocycles. The molecule has 0 bridgehead atoms. The molecule has 0 saturated carbocycles. The lowest BCUT2D eigenvalue weighted by Crippen LogP contribution is -2.17. The highest BCUT2D eigenvalue weighted by Crippen LogP contribution is 2.42. The number of rotatable bonds is 8. The van der Waals surface area contributed by atoms with E-state index in [1.807, 2.05) is 0 Å².